The molecular weight excluding hydrogens is 618 g/mol. The van der Waals surface area contributed by atoms with Crippen molar-refractivity contribution in [2.75, 3.05) is 35.5 Å². The van der Waals surface area contributed by atoms with Gasteiger partial charge in [-0.1, -0.05) is 12.1 Å². The Morgan fingerprint density at radius 1 is 0.814 bits per heavy atom. The number of carbonyl (C=O) groups excluding carboxylic acids is 1. The van der Waals surface area contributed by atoms with Crippen LogP contribution in [0.4, 0.5) is 0 Å². The van der Waals surface area contributed by atoms with Gasteiger partial charge in [0.15, 0.2) is 23.0 Å². The summed E-state index contributed by atoms with van der Waals surface area (Å²) in [6, 6.07) is 15.8. The number of esters is 1. The van der Waals surface area contributed by atoms with Crippen molar-refractivity contribution in [2.45, 2.75) is 6.92 Å². The highest BCUT2D eigenvalue weighted by atomic mass is 79.9. The van der Waals surface area contributed by atoms with Crippen molar-refractivity contribution in [1.29, 1.82) is 0 Å². The zero-order valence-corrected chi connectivity index (χ0v) is 25.9. The number of fused-ring (bicyclic) bond motifs is 1. The fraction of sp³-hybridized carbons (Fsp3) is 0.188. The Kier molecular flexibility index (Phi) is 8.36. The molecule has 0 unspecified atom stereocenters. The molecule has 43 heavy (non-hydrogen) atoms. The third-order valence-corrected chi connectivity index (χ3v) is 7.55. The highest BCUT2D eigenvalue weighted by molar-refractivity contribution is 9.10. The normalized spacial score (nSPS) is 10.9. The highest BCUT2D eigenvalue weighted by Crippen LogP contribution is 2.44. The van der Waals surface area contributed by atoms with Gasteiger partial charge in [-0.3, -0.25) is 9.36 Å². The minimum Gasteiger partial charge on any atom is -0.493 e. The van der Waals surface area contributed by atoms with Crippen molar-refractivity contribution in [3.05, 3.63) is 87.1 Å². The molecule has 220 valence electrons. The lowest BCUT2D eigenvalue weighted by Gasteiger charge is -2.21. The zero-order valence-electron chi connectivity index (χ0n) is 24.4. The molecule has 0 bridgehead atoms. The van der Waals surface area contributed by atoms with Crippen LogP contribution in [0.25, 0.3) is 38.8 Å². The molecule has 0 aliphatic carbocycles. The number of nitrogens with zero attached hydrogens (tertiary/aromatic N) is 3. The maximum Gasteiger partial charge on any atom is 0.355 e. The number of halogens is 1. The molecule has 0 aliphatic rings. The van der Waals surface area contributed by atoms with Crippen LogP contribution in [-0.4, -0.2) is 56.1 Å². The minimum atomic E-state index is -0.724. The molecule has 0 saturated heterocycles. The lowest BCUT2D eigenvalue weighted by Crippen LogP contribution is -2.27. The topological polar surface area (TPSA) is 111 Å². The van der Waals surface area contributed by atoms with E-state index in [-0.39, 0.29) is 11.1 Å². The van der Waals surface area contributed by atoms with Gasteiger partial charge in [-0.2, -0.15) is 0 Å². The van der Waals surface area contributed by atoms with E-state index in [4.69, 9.17) is 23.7 Å². The molecule has 11 heteroatoms. The number of ether oxygens (including phenoxy) is 5. The van der Waals surface area contributed by atoms with E-state index < -0.39 is 11.5 Å². The first-order chi connectivity index (χ1) is 20.8. The summed E-state index contributed by atoms with van der Waals surface area (Å²) in [7, 11) is 7.30. The summed E-state index contributed by atoms with van der Waals surface area (Å²) in [5.41, 5.74) is 2.33. The van der Waals surface area contributed by atoms with Gasteiger partial charge >= 0.3 is 5.97 Å². The second kappa shape index (κ2) is 12.1. The Bertz CT molecular complexity index is 1940. The monoisotopic (exact) mass is 645 g/mol. The van der Waals surface area contributed by atoms with E-state index in [1.807, 2.05) is 6.07 Å². The number of pyridine rings is 1. The zero-order chi connectivity index (χ0) is 30.8. The number of hydrogen-bond donors (Lipinski definition) is 0. The largest absolute Gasteiger partial charge is 0.493 e. The van der Waals surface area contributed by atoms with Crippen molar-refractivity contribution in [3.8, 4) is 51.1 Å². The van der Waals surface area contributed by atoms with Crippen LogP contribution in [0.1, 0.15) is 16.3 Å². The molecule has 10 nitrogen and oxygen atoms in total. The van der Waals surface area contributed by atoms with Crippen LogP contribution in [0, 0.1) is 6.92 Å². The Balaban J connectivity index is 1.97. The first kappa shape index (κ1) is 29.6. The average Bonchev–Trinajstić information content (AvgIpc) is 3.03. The van der Waals surface area contributed by atoms with Crippen molar-refractivity contribution < 1.29 is 28.5 Å². The molecule has 0 fully saturated rings. The van der Waals surface area contributed by atoms with Gasteiger partial charge in [0.2, 0.25) is 0 Å². The number of hydrogen-bond acceptors (Lipinski definition) is 9. The molecule has 5 rings (SSSR count). The summed E-state index contributed by atoms with van der Waals surface area (Å²) in [6.07, 6.45) is 1.67. The molecule has 2 heterocycles. The SMILES string of the molecule is COC(=O)c1c(-c2cc(Br)c(OC)c(OC)c2)c2cc(OC)c(OC)cc2c(=O)n1-c1cccc(-c2ccnc(C)n2)c1. The smallest absolute Gasteiger partial charge is 0.355 e. The maximum atomic E-state index is 14.4. The standard InChI is InChI=1S/C32H28BrN3O7/c1-17-34-11-10-24(35-17)18-8-7-9-20(12-18)36-29(32(38)43-6)28(19-13-23(33)30(42-5)27(14-19)41-4)21-15-25(39-2)26(40-3)16-22(21)31(36)37/h7-16H,1-6H3. The lowest BCUT2D eigenvalue weighted by molar-refractivity contribution is 0.0591. The van der Waals surface area contributed by atoms with Crippen molar-refractivity contribution in [1.82, 2.24) is 14.5 Å². The average molecular weight is 646 g/mol. The summed E-state index contributed by atoms with van der Waals surface area (Å²) in [4.78, 5) is 36.8. The fourth-order valence-corrected chi connectivity index (χ4v) is 5.64. The molecular formula is C32H28BrN3O7. The van der Waals surface area contributed by atoms with E-state index in [2.05, 4.69) is 25.9 Å². The quantitative estimate of drug-likeness (QED) is 0.187. The van der Waals surface area contributed by atoms with Gasteiger partial charge in [0.1, 0.15) is 11.5 Å². The molecule has 2 aromatic heterocycles. The second-order valence-electron chi connectivity index (χ2n) is 9.34. The van der Waals surface area contributed by atoms with E-state index in [1.54, 1.807) is 61.7 Å². The Morgan fingerprint density at radius 2 is 1.51 bits per heavy atom. The van der Waals surface area contributed by atoms with Gasteiger partial charge in [0.05, 0.1) is 56.8 Å². The molecule has 0 aliphatic heterocycles. The van der Waals surface area contributed by atoms with Crippen LogP contribution in [0.2, 0.25) is 0 Å². The third kappa shape index (κ3) is 5.27. The summed E-state index contributed by atoms with van der Waals surface area (Å²) >= 11 is 3.56. The number of benzene rings is 3. The van der Waals surface area contributed by atoms with Gasteiger partial charge in [0, 0.05) is 22.7 Å². The van der Waals surface area contributed by atoms with Gasteiger partial charge in [-0.15, -0.1) is 0 Å². The van der Waals surface area contributed by atoms with E-state index in [0.29, 0.717) is 61.2 Å². The van der Waals surface area contributed by atoms with Crippen LogP contribution in [-0.2, 0) is 4.74 Å². The predicted octanol–water partition coefficient (Wildman–Crippen LogP) is 6.01. The van der Waals surface area contributed by atoms with Gasteiger partial charge < -0.3 is 23.7 Å². The van der Waals surface area contributed by atoms with Crippen molar-refractivity contribution in [2.24, 2.45) is 0 Å². The fourth-order valence-electron chi connectivity index (χ4n) is 5.04. The third-order valence-electron chi connectivity index (χ3n) is 6.96. The van der Waals surface area contributed by atoms with Gasteiger partial charge in [-0.25, -0.2) is 14.8 Å². The summed E-state index contributed by atoms with van der Waals surface area (Å²) in [6.45, 7) is 1.80. The number of aromatic nitrogens is 3. The van der Waals surface area contributed by atoms with Gasteiger partial charge in [-0.05, 0) is 70.9 Å². The van der Waals surface area contributed by atoms with E-state index >= 15 is 0 Å². The molecule has 0 spiro atoms. The first-order valence-corrected chi connectivity index (χ1v) is 13.8. The molecule has 0 atom stereocenters. The molecule has 0 amide bonds. The highest BCUT2D eigenvalue weighted by Gasteiger charge is 2.28. The number of carbonyl (C=O) groups is 1. The number of rotatable bonds is 8. The minimum absolute atomic E-state index is 0.00218. The Hall–Kier alpha value is -4.90. The van der Waals surface area contributed by atoms with E-state index in [9.17, 15) is 9.59 Å². The van der Waals surface area contributed by atoms with Crippen LogP contribution >= 0.6 is 15.9 Å². The number of methoxy groups -OCH3 is 5. The van der Waals surface area contributed by atoms with E-state index in [0.717, 1.165) is 5.56 Å². The summed E-state index contributed by atoms with van der Waals surface area (Å²) < 4.78 is 29.5. The summed E-state index contributed by atoms with van der Waals surface area (Å²) in [5.74, 6) is 1.49. The lowest BCUT2D eigenvalue weighted by atomic mass is 9.95. The van der Waals surface area contributed by atoms with Crippen molar-refractivity contribution in [3.63, 3.8) is 0 Å². The van der Waals surface area contributed by atoms with Crippen LogP contribution in [0.3, 0.4) is 0 Å². The molecule has 3 aromatic carbocycles. The van der Waals surface area contributed by atoms with E-state index in [1.165, 1.54) is 40.1 Å². The van der Waals surface area contributed by atoms with Crippen LogP contribution < -0.4 is 24.5 Å². The molecule has 5 aromatic rings. The Labute approximate surface area is 255 Å². The van der Waals surface area contributed by atoms with Crippen molar-refractivity contribution >= 4 is 32.7 Å². The maximum absolute atomic E-state index is 14.4. The predicted molar refractivity (Wildman–Crippen MR) is 166 cm³/mol. The van der Waals surface area contributed by atoms with Crippen LogP contribution in [0.5, 0.6) is 23.0 Å². The van der Waals surface area contributed by atoms with Gasteiger partial charge in [0.25, 0.3) is 5.56 Å². The first-order valence-electron chi connectivity index (χ1n) is 13.0. The van der Waals surface area contributed by atoms with Crippen LogP contribution in [0.15, 0.2) is 70.1 Å². The molecule has 0 radical (unpaired) electrons. The molecule has 0 saturated carbocycles. The number of aryl methyl sites for hydroxylation is 1. The second-order valence-corrected chi connectivity index (χ2v) is 10.2. The Morgan fingerprint density at radius 3 is 2.14 bits per heavy atom. The molecule has 0 N–H and O–H groups in total. The summed E-state index contributed by atoms with van der Waals surface area (Å²) in [5, 5.41) is 0.732.